The van der Waals surface area contributed by atoms with Crippen molar-refractivity contribution in [2.75, 3.05) is 0 Å². The Bertz CT molecular complexity index is 1100. The molecule has 3 rings (SSSR count). The minimum Gasteiger partial charge on any atom is -0.508 e. The SMILES string of the molecule is C=C(O)/C(=C/C)C(=C)/C=C1\CC(=C)C(c2cccc(Cl)c2)Cc2cc(C)c(C)cc21. The maximum Gasteiger partial charge on any atom is 0.115 e. The second-order valence-electron chi connectivity index (χ2n) is 8.08. The van der Waals surface area contributed by atoms with Crippen molar-refractivity contribution < 1.29 is 5.11 Å². The van der Waals surface area contributed by atoms with Gasteiger partial charge >= 0.3 is 0 Å². The Labute approximate surface area is 185 Å². The summed E-state index contributed by atoms with van der Waals surface area (Å²) >= 11 is 6.29. The van der Waals surface area contributed by atoms with Crippen LogP contribution in [0.2, 0.25) is 5.02 Å². The zero-order valence-corrected chi connectivity index (χ0v) is 18.8. The molecule has 0 radical (unpaired) electrons. The van der Waals surface area contributed by atoms with Crippen LogP contribution in [0.5, 0.6) is 0 Å². The molecule has 1 unspecified atom stereocenters. The van der Waals surface area contributed by atoms with Crippen molar-refractivity contribution in [2.24, 2.45) is 0 Å². The average molecular weight is 417 g/mol. The number of hydrogen-bond acceptors (Lipinski definition) is 1. The second kappa shape index (κ2) is 8.93. The Morgan fingerprint density at radius 2 is 1.83 bits per heavy atom. The Kier molecular flexibility index (Phi) is 6.53. The van der Waals surface area contributed by atoms with Crippen LogP contribution in [0.15, 0.2) is 90.8 Å². The summed E-state index contributed by atoms with van der Waals surface area (Å²) in [5.41, 5.74) is 9.97. The van der Waals surface area contributed by atoms with Crippen molar-refractivity contribution in [3.63, 3.8) is 0 Å². The molecule has 0 bridgehead atoms. The van der Waals surface area contributed by atoms with Gasteiger partial charge in [-0.15, -0.1) is 0 Å². The number of rotatable bonds is 4. The number of allylic oxidation sites excluding steroid dienone is 5. The van der Waals surface area contributed by atoms with Gasteiger partial charge in [0.15, 0.2) is 0 Å². The van der Waals surface area contributed by atoms with Crippen LogP contribution in [0.4, 0.5) is 0 Å². The molecule has 0 heterocycles. The van der Waals surface area contributed by atoms with E-state index in [1.165, 1.54) is 27.8 Å². The first-order chi connectivity index (χ1) is 14.2. The molecule has 0 aromatic heterocycles. The van der Waals surface area contributed by atoms with Crippen LogP contribution in [-0.2, 0) is 6.42 Å². The lowest BCUT2D eigenvalue weighted by Gasteiger charge is -2.18. The van der Waals surface area contributed by atoms with Gasteiger partial charge < -0.3 is 5.11 Å². The average Bonchev–Trinajstić information content (AvgIpc) is 2.79. The molecule has 2 aromatic rings. The van der Waals surface area contributed by atoms with Gasteiger partial charge in [0.05, 0.1) is 0 Å². The van der Waals surface area contributed by atoms with Crippen molar-refractivity contribution in [1.29, 1.82) is 0 Å². The highest BCUT2D eigenvalue weighted by Crippen LogP contribution is 2.41. The van der Waals surface area contributed by atoms with Crippen LogP contribution in [0, 0.1) is 13.8 Å². The fraction of sp³-hybridized carbons (Fsp3) is 0.214. The van der Waals surface area contributed by atoms with E-state index in [4.69, 9.17) is 11.6 Å². The first-order valence-corrected chi connectivity index (χ1v) is 10.6. The van der Waals surface area contributed by atoms with E-state index in [-0.39, 0.29) is 11.7 Å². The molecular formula is C28H29ClO. The normalized spacial score (nSPS) is 18.1. The predicted molar refractivity (Wildman–Crippen MR) is 130 cm³/mol. The van der Waals surface area contributed by atoms with Crippen molar-refractivity contribution >= 4 is 17.2 Å². The molecule has 1 aliphatic rings. The highest BCUT2D eigenvalue weighted by Gasteiger charge is 2.25. The number of hydrogen-bond donors (Lipinski definition) is 1. The van der Waals surface area contributed by atoms with Gasteiger partial charge in [-0.3, -0.25) is 0 Å². The van der Waals surface area contributed by atoms with Gasteiger partial charge in [0.25, 0.3) is 0 Å². The number of halogens is 1. The summed E-state index contributed by atoms with van der Waals surface area (Å²) in [6, 6.07) is 12.6. The molecule has 1 aliphatic carbocycles. The summed E-state index contributed by atoms with van der Waals surface area (Å²) in [4.78, 5) is 0. The van der Waals surface area contributed by atoms with Crippen LogP contribution < -0.4 is 0 Å². The van der Waals surface area contributed by atoms with Gasteiger partial charge in [0.2, 0.25) is 0 Å². The number of aliphatic hydroxyl groups excluding tert-OH is 1. The molecule has 154 valence electrons. The van der Waals surface area contributed by atoms with E-state index in [2.05, 4.69) is 57.9 Å². The molecule has 0 saturated carbocycles. The summed E-state index contributed by atoms with van der Waals surface area (Å²) in [5, 5.41) is 10.7. The van der Waals surface area contributed by atoms with E-state index < -0.39 is 0 Å². The number of fused-ring (bicyclic) bond motifs is 1. The largest absolute Gasteiger partial charge is 0.508 e. The smallest absolute Gasteiger partial charge is 0.115 e. The molecule has 1 atom stereocenters. The zero-order chi connectivity index (χ0) is 22.0. The molecule has 1 N–H and O–H groups in total. The van der Waals surface area contributed by atoms with Gasteiger partial charge in [-0.2, -0.15) is 0 Å². The lowest BCUT2D eigenvalue weighted by atomic mass is 9.86. The molecule has 1 nitrogen and oxygen atoms in total. The summed E-state index contributed by atoms with van der Waals surface area (Å²) in [6.07, 6.45) is 5.52. The van der Waals surface area contributed by atoms with Crippen LogP contribution in [0.3, 0.4) is 0 Å². The number of benzene rings is 2. The van der Waals surface area contributed by atoms with E-state index in [1.54, 1.807) is 0 Å². The fourth-order valence-corrected chi connectivity index (χ4v) is 4.40. The Morgan fingerprint density at radius 1 is 1.13 bits per heavy atom. The second-order valence-corrected chi connectivity index (χ2v) is 8.52. The van der Waals surface area contributed by atoms with Crippen molar-refractivity contribution in [2.45, 2.75) is 39.5 Å². The molecule has 0 saturated heterocycles. The molecule has 0 spiro atoms. The van der Waals surface area contributed by atoms with E-state index in [0.717, 1.165) is 34.6 Å². The predicted octanol–water partition coefficient (Wildman–Crippen LogP) is 8.20. The minimum absolute atomic E-state index is 0.0314. The maximum atomic E-state index is 9.93. The van der Waals surface area contributed by atoms with Gasteiger partial charge in [-0.1, -0.05) is 73.3 Å². The summed E-state index contributed by atoms with van der Waals surface area (Å²) < 4.78 is 0. The zero-order valence-electron chi connectivity index (χ0n) is 18.1. The topological polar surface area (TPSA) is 20.2 Å². The van der Waals surface area contributed by atoms with E-state index >= 15 is 0 Å². The Balaban J connectivity index is 2.14. The number of aryl methyl sites for hydroxylation is 2. The lowest BCUT2D eigenvalue weighted by Crippen LogP contribution is -2.04. The van der Waals surface area contributed by atoms with Crippen molar-refractivity contribution in [1.82, 2.24) is 0 Å². The Morgan fingerprint density at radius 3 is 2.47 bits per heavy atom. The minimum atomic E-state index is 0.0314. The third-order valence-electron chi connectivity index (χ3n) is 5.94. The van der Waals surface area contributed by atoms with Crippen molar-refractivity contribution in [3.8, 4) is 0 Å². The van der Waals surface area contributed by atoms with Gasteiger partial charge in [0.1, 0.15) is 5.76 Å². The molecule has 0 fully saturated rings. The summed E-state index contributed by atoms with van der Waals surface area (Å²) in [5.74, 6) is 0.224. The molecular weight excluding hydrogens is 388 g/mol. The fourth-order valence-electron chi connectivity index (χ4n) is 4.20. The molecule has 0 amide bonds. The first kappa shape index (κ1) is 21.9. The van der Waals surface area contributed by atoms with Crippen LogP contribution in [-0.4, -0.2) is 5.11 Å². The van der Waals surface area contributed by atoms with Gasteiger partial charge in [-0.05, 0) is 84.7 Å². The highest BCUT2D eigenvalue weighted by molar-refractivity contribution is 6.30. The molecule has 0 aliphatic heterocycles. The highest BCUT2D eigenvalue weighted by atomic mass is 35.5. The Hall–Kier alpha value is -2.77. The lowest BCUT2D eigenvalue weighted by molar-refractivity contribution is 0.428. The third-order valence-corrected chi connectivity index (χ3v) is 6.18. The summed E-state index contributed by atoms with van der Waals surface area (Å²) in [6.45, 7) is 18.5. The summed E-state index contributed by atoms with van der Waals surface area (Å²) in [7, 11) is 0. The van der Waals surface area contributed by atoms with Crippen LogP contribution in [0.1, 0.15) is 47.1 Å². The standard InChI is InChI=1S/C28H29ClO/c1-7-26(21(6)30)19(4)12-23-13-20(5)27(22-9-8-10-25(29)15-22)16-24-11-17(2)18(3)14-28(23)24/h7-12,14-15,27,30H,4-6,13,16H2,1-3H3/b23-12+,26-7+. The third kappa shape index (κ3) is 4.52. The maximum absolute atomic E-state index is 9.93. The van der Waals surface area contributed by atoms with E-state index in [1.807, 2.05) is 31.2 Å². The molecule has 30 heavy (non-hydrogen) atoms. The van der Waals surface area contributed by atoms with Crippen LogP contribution in [0.25, 0.3) is 5.57 Å². The van der Waals surface area contributed by atoms with Gasteiger partial charge in [0, 0.05) is 16.5 Å². The van der Waals surface area contributed by atoms with E-state index in [9.17, 15) is 5.11 Å². The molecule has 2 heteroatoms. The van der Waals surface area contributed by atoms with Crippen molar-refractivity contribution in [3.05, 3.63) is 124 Å². The van der Waals surface area contributed by atoms with Crippen LogP contribution >= 0.6 is 11.6 Å². The number of aliphatic hydroxyl groups is 1. The first-order valence-electron chi connectivity index (χ1n) is 10.2. The monoisotopic (exact) mass is 416 g/mol. The van der Waals surface area contributed by atoms with Gasteiger partial charge in [-0.25, -0.2) is 0 Å². The molecule has 2 aromatic carbocycles. The van der Waals surface area contributed by atoms with E-state index in [0.29, 0.717) is 5.57 Å². The quantitative estimate of drug-likeness (QED) is 0.230.